The van der Waals surface area contributed by atoms with Crippen LogP contribution in [0.4, 0.5) is 0 Å². The Bertz CT molecular complexity index is 619. The number of ether oxygens (including phenoxy) is 1. The molecule has 2 aromatic heterocycles. The van der Waals surface area contributed by atoms with Crippen molar-refractivity contribution >= 4 is 39.1 Å². The van der Waals surface area contributed by atoms with Crippen molar-refractivity contribution in [1.82, 2.24) is 14.4 Å². The van der Waals surface area contributed by atoms with E-state index in [-0.39, 0.29) is 10.8 Å². The van der Waals surface area contributed by atoms with Crippen molar-refractivity contribution in [3.8, 4) is 0 Å². The molecule has 0 amide bonds. The van der Waals surface area contributed by atoms with E-state index in [9.17, 15) is 4.79 Å². The summed E-state index contributed by atoms with van der Waals surface area (Å²) in [6, 6.07) is 0. The fraction of sp³-hybridized carbons (Fsp3) is 0.364. The summed E-state index contributed by atoms with van der Waals surface area (Å²) in [4.78, 5) is 20.0. The average Bonchev–Trinajstić information content (AvgIpc) is 2.56. The van der Waals surface area contributed by atoms with Gasteiger partial charge in [0.25, 0.3) is 0 Å². The molecule has 0 aliphatic heterocycles. The number of hydrogen-bond donors (Lipinski definition) is 0. The lowest BCUT2D eigenvalue weighted by molar-refractivity contribution is 0.00624. The van der Waals surface area contributed by atoms with E-state index in [1.165, 1.54) is 6.20 Å². The topological polar surface area (TPSA) is 56.5 Å². The van der Waals surface area contributed by atoms with Crippen LogP contribution < -0.4 is 0 Å². The highest BCUT2D eigenvalue weighted by Crippen LogP contribution is 2.24. The van der Waals surface area contributed by atoms with Gasteiger partial charge in [-0.1, -0.05) is 11.6 Å². The van der Waals surface area contributed by atoms with Crippen molar-refractivity contribution in [2.24, 2.45) is 0 Å². The van der Waals surface area contributed by atoms with Gasteiger partial charge < -0.3 is 4.74 Å². The molecule has 0 aliphatic rings. The summed E-state index contributed by atoms with van der Waals surface area (Å²) in [5.74, 6) is -0.505. The van der Waals surface area contributed by atoms with Gasteiger partial charge in [-0.25, -0.2) is 14.8 Å². The summed E-state index contributed by atoms with van der Waals surface area (Å²) in [5.41, 5.74) is 0.0145. The molecule has 0 atom stereocenters. The van der Waals surface area contributed by atoms with Crippen LogP contribution in [-0.2, 0) is 4.74 Å². The van der Waals surface area contributed by atoms with Crippen LogP contribution in [0, 0.1) is 0 Å². The molecule has 2 aromatic rings. The fourth-order valence-corrected chi connectivity index (χ4v) is 2.10. The molecule has 0 saturated heterocycles. The van der Waals surface area contributed by atoms with Gasteiger partial charge in [-0.3, -0.25) is 4.40 Å². The van der Waals surface area contributed by atoms with Gasteiger partial charge in [0.2, 0.25) is 0 Å². The largest absolute Gasteiger partial charge is 0.455 e. The van der Waals surface area contributed by atoms with Gasteiger partial charge in [0.05, 0.1) is 0 Å². The first-order chi connectivity index (χ1) is 8.29. The van der Waals surface area contributed by atoms with Crippen molar-refractivity contribution < 1.29 is 9.53 Å². The molecule has 5 nitrogen and oxygen atoms in total. The van der Waals surface area contributed by atoms with Crippen LogP contribution in [-0.4, -0.2) is 25.9 Å². The van der Waals surface area contributed by atoms with Gasteiger partial charge in [0.1, 0.15) is 10.2 Å². The van der Waals surface area contributed by atoms with Gasteiger partial charge in [0.15, 0.2) is 16.5 Å². The number of rotatable bonds is 1. The average molecular weight is 333 g/mol. The molecular formula is C11H11BrClN3O2. The molecule has 0 bridgehead atoms. The Balaban J connectivity index is 2.50. The summed E-state index contributed by atoms with van der Waals surface area (Å²) < 4.78 is 7.40. The molecule has 2 rings (SSSR count). The smallest absolute Gasteiger partial charge is 0.360 e. The maximum atomic E-state index is 12.0. The highest BCUT2D eigenvalue weighted by Gasteiger charge is 2.24. The van der Waals surface area contributed by atoms with E-state index in [4.69, 9.17) is 16.3 Å². The van der Waals surface area contributed by atoms with Crippen molar-refractivity contribution in [3.05, 3.63) is 27.8 Å². The predicted molar refractivity (Wildman–Crippen MR) is 70.9 cm³/mol. The standard InChI is InChI=1S/C11H11BrClN3O2/c1-11(2,3)18-10(17)6-7(12)16-5-4-14-8(13)9(16)15-6/h4-5H,1-3H3. The van der Waals surface area contributed by atoms with Gasteiger partial charge in [-0.05, 0) is 36.7 Å². The van der Waals surface area contributed by atoms with Crippen molar-refractivity contribution in [3.63, 3.8) is 0 Å². The normalized spacial score (nSPS) is 11.8. The van der Waals surface area contributed by atoms with Crippen LogP contribution in [0.3, 0.4) is 0 Å². The first-order valence-corrected chi connectivity index (χ1v) is 6.38. The Morgan fingerprint density at radius 1 is 1.50 bits per heavy atom. The number of imidazole rings is 1. The molecule has 0 spiro atoms. The number of carbonyl (C=O) groups excluding carboxylic acids is 1. The maximum Gasteiger partial charge on any atom is 0.360 e. The SMILES string of the molecule is CC(C)(C)OC(=O)c1nc2c(Cl)nccn2c1Br. The van der Waals surface area contributed by atoms with E-state index in [0.29, 0.717) is 10.3 Å². The minimum atomic E-state index is -0.575. The van der Waals surface area contributed by atoms with E-state index in [0.717, 1.165) is 0 Å². The zero-order valence-electron chi connectivity index (χ0n) is 10.1. The van der Waals surface area contributed by atoms with Crippen LogP contribution in [0.25, 0.3) is 5.65 Å². The second-order valence-corrected chi connectivity index (χ2v) is 5.77. The van der Waals surface area contributed by atoms with Crippen LogP contribution in [0.5, 0.6) is 0 Å². The molecule has 0 aromatic carbocycles. The minimum Gasteiger partial charge on any atom is -0.455 e. The molecular weight excluding hydrogens is 321 g/mol. The van der Waals surface area contributed by atoms with E-state index in [1.54, 1.807) is 31.4 Å². The molecule has 96 valence electrons. The van der Waals surface area contributed by atoms with Gasteiger partial charge in [-0.15, -0.1) is 0 Å². The zero-order chi connectivity index (χ0) is 13.5. The second-order valence-electron chi connectivity index (χ2n) is 4.66. The summed E-state index contributed by atoms with van der Waals surface area (Å²) >= 11 is 9.22. The lowest BCUT2D eigenvalue weighted by atomic mass is 10.2. The monoisotopic (exact) mass is 331 g/mol. The first-order valence-electron chi connectivity index (χ1n) is 5.21. The molecule has 0 unspecified atom stereocenters. The van der Waals surface area contributed by atoms with E-state index >= 15 is 0 Å². The van der Waals surface area contributed by atoms with Crippen molar-refractivity contribution in [2.45, 2.75) is 26.4 Å². The molecule has 2 heterocycles. The second kappa shape index (κ2) is 4.51. The Kier molecular flexibility index (Phi) is 3.33. The molecule has 0 N–H and O–H groups in total. The lowest BCUT2D eigenvalue weighted by Crippen LogP contribution is -2.24. The highest BCUT2D eigenvalue weighted by atomic mass is 79.9. The molecule has 0 aliphatic carbocycles. The Morgan fingerprint density at radius 3 is 2.72 bits per heavy atom. The van der Waals surface area contributed by atoms with Crippen molar-refractivity contribution in [1.29, 1.82) is 0 Å². The Labute approximate surface area is 117 Å². The lowest BCUT2D eigenvalue weighted by Gasteiger charge is -2.18. The molecule has 0 saturated carbocycles. The third-order valence-electron chi connectivity index (χ3n) is 2.03. The van der Waals surface area contributed by atoms with Gasteiger partial charge >= 0.3 is 5.97 Å². The number of hydrogen-bond acceptors (Lipinski definition) is 4. The van der Waals surface area contributed by atoms with E-state index in [1.807, 2.05) is 0 Å². The van der Waals surface area contributed by atoms with Crippen LogP contribution in [0.1, 0.15) is 31.3 Å². The quantitative estimate of drug-likeness (QED) is 0.753. The van der Waals surface area contributed by atoms with E-state index in [2.05, 4.69) is 25.9 Å². The first kappa shape index (κ1) is 13.3. The fourth-order valence-electron chi connectivity index (χ4n) is 1.37. The van der Waals surface area contributed by atoms with Crippen LogP contribution in [0.15, 0.2) is 17.0 Å². The molecule has 18 heavy (non-hydrogen) atoms. The third-order valence-corrected chi connectivity index (χ3v) is 3.06. The number of nitrogens with zero attached hydrogens (tertiary/aromatic N) is 3. The summed E-state index contributed by atoms with van der Waals surface area (Å²) in [6.07, 6.45) is 3.19. The van der Waals surface area contributed by atoms with Gasteiger partial charge in [-0.2, -0.15) is 0 Å². The summed E-state index contributed by atoms with van der Waals surface area (Å²) in [7, 11) is 0. The third kappa shape index (κ3) is 2.49. The van der Waals surface area contributed by atoms with Crippen LogP contribution >= 0.6 is 27.5 Å². The molecule has 0 radical (unpaired) electrons. The van der Waals surface area contributed by atoms with Crippen LogP contribution in [0.2, 0.25) is 5.15 Å². The molecule has 7 heteroatoms. The zero-order valence-corrected chi connectivity index (χ0v) is 12.4. The Hall–Kier alpha value is -1.14. The summed E-state index contributed by atoms with van der Waals surface area (Å²) in [5, 5.41) is 0.230. The number of halogens is 2. The minimum absolute atomic E-state index is 0.180. The Morgan fingerprint density at radius 2 is 2.17 bits per heavy atom. The molecule has 0 fully saturated rings. The highest BCUT2D eigenvalue weighted by molar-refractivity contribution is 9.10. The summed E-state index contributed by atoms with van der Waals surface area (Å²) in [6.45, 7) is 5.38. The van der Waals surface area contributed by atoms with E-state index < -0.39 is 11.6 Å². The number of carbonyl (C=O) groups is 1. The maximum absolute atomic E-state index is 12.0. The number of fused-ring (bicyclic) bond motifs is 1. The van der Waals surface area contributed by atoms with Crippen molar-refractivity contribution in [2.75, 3.05) is 0 Å². The predicted octanol–water partition coefficient (Wildman–Crippen LogP) is 3.10. The number of esters is 1. The van der Waals surface area contributed by atoms with Gasteiger partial charge in [0, 0.05) is 12.4 Å². The number of aromatic nitrogens is 3.